The van der Waals surface area contributed by atoms with Gasteiger partial charge in [-0.15, -0.1) is 0 Å². The molecule has 1 nitrogen and oxygen atoms in total. The van der Waals surface area contributed by atoms with Crippen molar-refractivity contribution < 1.29 is 13.2 Å². The molecule has 1 N–H and O–H groups in total. The molecular weight excluding hydrogens is 283 g/mol. The topological polar surface area (TPSA) is 12.0 Å². The first-order valence-electron chi connectivity index (χ1n) is 4.87. The Hall–Kier alpha value is -0.710. The second kappa shape index (κ2) is 5.08. The lowest BCUT2D eigenvalue weighted by molar-refractivity contribution is -0.136. The molecule has 1 atom stereocenters. The summed E-state index contributed by atoms with van der Waals surface area (Å²) >= 11 is 3.34. The van der Waals surface area contributed by atoms with E-state index in [1.54, 1.807) is 12.1 Å². The maximum atomic E-state index is 12.1. The molecule has 0 aliphatic heterocycles. The third-order valence-electron chi connectivity index (χ3n) is 2.12. The molecule has 1 rings (SSSR count). The van der Waals surface area contributed by atoms with Crippen LogP contribution in [0.3, 0.4) is 0 Å². The normalized spacial score (nSPS) is 13.6. The molecule has 0 amide bonds. The van der Waals surface area contributed by atoms with Gasteiger partial charge in [-0.05, 0) is 31.5 Å². The minimum Gasteiger partial charge on any atom is -0.382 e. The maximum Gasteiger partial charge on any atom is 0.391 e. The molecule has 0 radical (unpaired) electrons. The third kappa shape index (κ3) is 4.43. The van der Waals surface area contributed by atoms with Gasteiger partial charge in [0.1, 0.15) is 0 Å². The Bertz CT molecular complexity index is 363. The molecule has 5 heteroatoms. The van der Waals surface area contributed by atoms with Crippen LogP contribution in [0.1, 0.15) is 18.9 Å². The summed E-state index contributed by atoms with van der Waals surface area (Å²) in [6.07, 6.45) is -4.97. The lowest BCUT2D eigenvalue weighted by atomic mass is 10.2. The molecule has 0 saturated heterocycles. The van der Waals surface area contributed by atoms with Crippen LogP contribution >= 0.6 is 15.9 Å². The van der Waals surface area contributed by atoms with Crippen molar-refractivity contribution in [3.05, 3.63) is 28.2 Å². The van der Waals surface area contributed by atoms with E-state index in [0.717, 1.165) is 10.0 Å². The van der Waals surface area contributed by atoms with E-state index < -0.39 is 18.6 Å². The molecule has 0 heterocycles. The number of hydrogen-bond acceptors (Lipinski definition) is 1. The van der Waals surface area contributed by atoms with E-state index in [9.17, 15) is 13.2 Å². The summed E-state index contributed by atoms with van der Waals surface area (Å²) in [5.41, 5.74) is 1.74. The number of rotatable bonds is 3. The number of benzene rings is 1. The smallest absolute Gasteiger partial charge is 0.382 e. The van der Waals surface area contributed by atoms with E-state index in [1.807, 2.05) is 13.0 Å². The predicted molar refractivity (Wildman–Crippen MR) is 62.6 cm³/mol. The summed E-state index contributed by atoms with van der Waals surface area (Å²) in [5, 5.41) is 2.82. The molecule has 0 fully saturated rings. The lowest BCUT2D eigenvalue weighted by Gasteiger charge is -2.17. The van der Waals surface area contributed by atoms with E-state index >= 15 is 0 Å². The highest BCUT2D eigenvalue weighted by molar-refractivity contribution is 9.10. The molecular formula is C11H13BrF3N. The average molecular weight is 296 g/mol. The maximum absolute atomic E-state index is 12.1. The molecule has 90 valence electrons. The van der Waals surface area contributed by atoms with Gasteiger partial charge in [0.15, 0.2) is 0 Å². The molecule has 0 aliphatic rings. The van der Waals surface area contributed by atoms with Crippen LogP contribution in [0.15, 0.2) is 22.7 Å². The fraction of sp³-hybridized carbons (Fsp3) is 0.455. The zero-order valence-electron chi connectivity index (χ0n) is 9.03. The molecule has 0 aromatic heterocycles. The standard InChI is InChI=1S/C11H13BrF3N/c1-7-3-4-9(5-10(7)12)16-8(2)6-11(13,14)15/h3-5,8,16H,6H2,1-2H3. The monoisotopic (exact) mass is 295 g/mol. The highest BCUT2D eigenvalue weighted by atomic mass is 79.9. The Kier molecular flexibility index (Phi) is 4.24. The molecule has 1 unspecified atom stereocenters. The van der Waals surface area contributed by atoms with Crippen LogP contribution in [0.4, 0.5) is 18.9 Å². The zero-order chi connectivity index (χ0) is 12.3. The van der Waals surface area contributed by atoms with Gasteiger partial charge in [0.05, 0.1) is 6.42 Å². The summed E-state index contributed by atoms with van der Waals surface area (Å²) < 4.78 is 37.2. The predicted octanol–water partition coefficient (Wildman–Crippen LogP) is 4.51. The van der Waals surface area contributed by atoms with Gasteiger partial charge in [0.2, 0.25) is 0 Å². The second-order valence-corrected chi connectivity index (χ2v) is 4.68. The van der Waals surface area contributed by atoms with Crippen molar-refractivity contribution in [1.82, 2.24) is 0 Å². The summed E-state index contributed by atoms with van der Waals surface area (Å²) in [6, 6.07) is 4.77. The van der Waals surface area contributed by atoms with Gasteiger partial charge >= 0.3 is 6.18 Å². The lowest BCUT2D eigenvalue weighted by Crippen LogP contribution is -2.23. The van der Waals surface area contributed by atoms with Crippen molar-refractivity contribution in [2.24, 2.45) is 0 Å². The van der Waals surface area contributed by atoms with E-state index in [-0.39, 0.29) is 0 Å². The summed E-state index contributed by atoms with van der Waals surface area (Å²) in [7, 11) is 0. The number of nitrogens with one attached hydrogen (secondary N) is 1. The minimum atomic E-state index is -4.13. The van der Waals surface area contributed by atoms with Crippen molar-refractivity contribution in [2.75, 3.05) is 5.32 Å². The van der Waals surface area contributed by atoms with Gasteiger partial charge in [-0.1, -0.05) is 22.0 Å². The van der Waals surface area contributed by atoms with Crippen LogP contribution in [0, 0.1) is 6.92 Å². The van der Waals surface area contributed by atoms with E-state index in [4.69, 9.17) is 0 Å². The summed E-state index contributed by atoms with van der Waals surface area (Å²) in [5.74, 6) is 0. The van der Waals surface area contributed by atoms with Crippen molar-refractivity contribution in [1.29, 1.82) is 0 Å². The van der Waals surface area contributed by atoms with Crippen LogP contribution in [0.25, 0.3) is 0 Å². The van der Waals surface area contributed by atoms with Crippen LogP contribution in [-0.4, -0.2) is 12.2 Å². The molecule has 0 aliphatic carbocycles. The van der Waals surface area contributed by atoms with Crippen LogP contribution in [0.5, 0.6) is 0 Å². The molecule has 0 saturated carbocycles. The number of halogens is 4. The Morgan fingerprint density at radius 1 is 1.38 bits per heavy atom. The molecule has 1 aromatic rings. The number of aryl methyl sites for hydroxylation is 1. The fourth-order valence-electron chi connectivity index (χ4n) is 1.37. The summed E-state index contributed by atoms with van der Waals surface area (Å²) in [4.78, 5) is 0. The number of hydrogen-bond donors (Lipinski definition) is 1. The molecule has 1 aromatic carbocycles. The first-order valence-corrected chi connectivity index (χ1v) is 5.66. The van der Waals surface area contributed by atoms with Crippen molar-refractivity contribution >= 4 is 21.6 Å². The molecule has 16 heavy (non-hydrogen) atoms. The van der Waals surface area contributed by atoms with Crippen LogP contribution in [-0.2, 0) is 0 Å². The third-order valence-corrected chi connectivity index (χ3v) is 2.98. The van der Waals surface area contributed by atoms with Crippen molar-refractivity contribution in [2.45, 2.75) is 32.5 Å². The zero-order valence-corrected chi connectivity index (χ0v) is 10.6. The minimum absolute atomic E-state index is 0.630. The molecule has 0 bridgehead atoms. The molecule has 0 spiro atoms. The van der Waals surface area contributed by atoms with E-state index in [2.05, 4.69) is 21.2 Å². The van der Waals surface area contributed by atoms with Gasteiger partial charge in [0.25, 0.3) is 0 Å². The van der Waals surface area contributed by atoms with Crippen molar-refractivity contribution in [3.8, 4) is 0 Å². The van der Waals surface area contributed by atoms with Crippen LogP contribution in [0.2, 0.25) is 0 Å². The second-order valence-electron chi connectivity index (χ2n) is 3.83. The SMILES string of the molecule is Cc1ccc(NC(C)CC(F)(F)F)cc1Br. The first-order chi connectivity index (χ1) is 7.28. The highest BCUT2D eigenvalue weighted by Crippen LogP contribution is 2.25. The average Bonchev–Trinajstić information content (AvgIpc) is 2.08. The Morgan fingerprint density at radius 2 is 2.00 bits per heavy atom. The Morgan fingerprint density at radius 3 is 2.50 bits per heavy atom. The summed E-state index contributed by atoms with van der Waals surface area (Å²) in [6.45, 7) is 3.44. The first kappa shape index (κ1) is 13.4. The van der Waals surface area contributed by atoms with Gasteiger partial charge in [-0.2, -0.15) is 13.2 Å². The Balaban J connectivity index is 2.63. The Labute approximate surface area is 101 Å². The van der Waals surface area contributed by atoms with Gasteiger partial charge in [-0.25, -0.2) is 0 Å². The highest BCUT2D eigenvalue weighted by Gasteiger charge is 2.29. The van der Waals surface area contributed by atoms with E-state index in [0.29, 0.717) is 5.69 Å². The fourth-order valence-corrected chi connectivity index (χ4v) is 1.74. The largest absolute Gasteiger partial charge is 0.391 e. The number of alkyl halides is 3. The van der Waals surface area contributed by atoms with Gasteiger partial charge in [0, 0.05) is 16.2 Å². The van der Waals surface area contributed by atoms with Crippen LogP contribution < -0.4 is 5.32 Å². The van der Waals surface area contributed by atoms with Gasteiger partial charge in [-0.3, -0.25) is 0 Å². The quantitative estimate of drug-likeness (QED) is 0.865. The van der Waals surface area contributed by atoms with E-state index in [1.165, 1.54) is 6.92 Å². The van der Waals surface area contributed by atoms with Crippen molar-refractivity contribution in [3.63, 3.8) is 0 Å². The number of anilines is 1. The van der Waals surface area contributed by atoms with Gasteiger partial charge < -0.3 is 5.32 Å².